The maximum Gasteiger partial charge on any atom is 0.214 e. The molecule has 1 heterocycles. The maximum absolute atomic E-state index is 11.9. The van der Waals surface area contributed by atoms with Crippen LogP contribution < -0.4 is 4.72 Å². The van der Waals surface area contributed by atoms with Gasteiger partial charge in [0.2, 0.25) is 10.0 Å². The first-order valence-corrected chi connectivity index (χ1v) is 8.85. The third-order valence-electron chi connectivity index (χ3n) is 2.92. The number of rotatable bonds is 4. The minimum Gasteiger partial charge on any atom is -0.229 e. The maximum atomic E-state index is 11.9. The van der Waals surface area contributed by atoms with Crippen LogP contribution in [0.3, 0.4) is 0 Å². The van der Waals surface area contributed by atoms with Crippen molar-refractivity contribution in [2.45, 2.75) is 44.4 Å². The second-order valence-corrected chi connectivity index (χ2v) is 8.62. The minimum atomic E-state index is -3.36. The van der Waals surface area contributed by atoms with Gasteiger partial charge in [-0.2, -0.15) is 0 Å². The molecule has 7 heteroatoms. The third-order valence-corrected chi connectivity index (χ3v) is 6.71. The van der Waals surface area contributed by atoms with Gasteiger partial charge in [-0.15, -0.1) is 0 Å². The van der Waals surface area contributed by atoms with E-state index in [1.807, 2.05) is 6.92 Å². The van der Waals surface area contributed by atoms with Crippen molar-refractivity contribution in [2.24, 2.45) is 0 Å². The van der Waals surface area contributed by atoms with E-state index < -0.39 is 25.1 Å². The van der Waals surface area contributed by atoms with Crippen molar-refractivity contribution < 1.29 is 16.8 Å². The molecule has 0 aromatic carbocycles. The molecule has 1 saturated heterocycles. The molecule has 1 N–H and O–H groups in total. The van der Waals surface area contributed by atoms with Crippen molar-refractivity contribution in [1.29, 1.82) is 0 Å². The first kappa shape index (κ1) is 13.9. The lowest BCUT2D eigenvalue weighted by molar-refractivity contribution is 0.526. The van der Waals surface area contributed by atoms with Crippen LogP contribution in [0.4, 0.5) is 0 Å². The molecule has 0 aromatic heterocycles. The van der Waals surface area contributed by atoms with E-state index in [-0.39, 0.29) is 30.4 Å². The summed E-state index contributed by atoms with van der Waals surface area (Å²) in [6.07, 6.45) is 1.16. The van der Waals surface area contributed by atoms with Crippen molar-refractivity contribution in [3.05, 3.63) is 0 Å². The molecule has 5 nitrogen and oxygen atoms in total. The molecule has 0 bridgehead atoms. The normalized spacial score (nSPS) is 24.1. The van der Waals surface area contributed by atoms with Crippen LogP contribution in [-0.2, 0) is 19.9 Å². The molecule has 0 amide bonds. The zero-order valence-electron chi connectivity index (χ0n) is 9.64. The molecule has 0 spiro atoms. The highest BCUT2D eigenvalue weighted by Gasteiger charge is 2.33. The first-order chi connectivity index (χ1) is 7.27. The summed E-state index contributed by atoms with van der Waals surface area (Å²) >= 11 is 0. The van der Waals surface area contributed by atoms with Crippen molar-refractivity contribution in [3.8, 4) is 0 Å². The smallest absolute Gasteiger partial charge is 0.214 e. The quantitative estimate of drug-likeness (QED) is 0.795. The molecule has 1 aliphatic heterocycles. The van der Waals surface area contributed by atoms with Gasteiger partial charge in [-0.05, 0) is 26.2 Å². The second kappa shape index (κ2) is 5.01. The molecule has 1 atom stereocenters. The molecule has 0 aromatic rings. The van der Waals surface area contributed by atoms with Crippen LogP contribution in [0.2, 0.25) is 0 Å². The second-order valence-electron chi connectivity index (χ2n) is 4.32. The van der Waals surface area contributed by atoms with E-state index in [1.165, 1.54) is 0 Å². The van der Waals surface area contributed by atoms with Crippen LogP contribution in [0.5, 0.6) is 0 Å². The first-order valence-electron chi connectivity index (χ1n) is 5.48. The van der Waals surface area contributed by atoms with E-state index in [0.717, 1.165) is 6.42 Å². The van der Waals surface area contributed by atoms with Crippen LogP contribution in [-0.4, -0.2) is 39.6 Å². The summed E-state index contributed by atoms with van der Waals surface area (Å²) in [5.41, 5.74) is 0. The summed E-state index contributed by atoms with van der Waals surface area (Å²) in [5, 5.41) is -0.551. The lowest BCUT2D eigenvalue weighted by Crippen LogP contribution is -2.43. The lowest BCUT2D eigenvalue weighted by atomic mass is 10.2. The number of hydrogen-bond acceptors (Lipinski definition) is 4. The number of nitrogens with one attached hydrogen (secondary N) is 1. The van der Waals surface area contributed by atoms with E-state index >= 15 is 0 Å². The van der Waals surface area contributed by atoms with Gasteiger partial charge < -0.3 is 0 Å². The molecule has 0 aliphatic carbocycles. The van der Waals surface area contributed by atoms with Gasteiger partial charge in [0.1, 0.15) is 9.84 Å². The van der Waals surface area contributed by atoms with Crippen LogP contribution in [0.25, 0.3) is 0 Å². The van der Waals surface area contributed by atoms with Crippen LogP contribution >= 0.6 is 0 Å². The highest BCUT2D eigenvalue weighted by atomic mass is 32.2. The molecule has 16 heavy (non-hydrogen) atoms. The summed E-state index contributed by atoms with van der Waals surface area (Å²) in [5.74, 6) is -0.0296. The van der Waals surface area contributed by atoms with E-state index in [4.69, 9.17) is 0 Å². The number of sulfone groups is 1. The zero-order chi connectivity index (χ0) is 12.4. The standard InChI is InChI=1S/C9H19NO4S2/c1-3-8(2)10-16(13,14)9-4-6-15(11,12)7-5-9/h8-10H,3-7H2,1-2H3. The van der Waals surface area contributed by atoms with Crippen LogP contribution in [0.15, 0.2) is 0 Å². The highest BCUT2D eigenvalue weighted by Crippen LogP contribution is 2.19. The van der Waals surface area contributed by atoms with Gasteiger partial charge in [-0.3, -0.25) is 0 Å². The van der Waals surface area contributed by atoms with Gasteiger partial charge >= 0.3 is 0 Å². The Bertz CT molecular complexity index is 412. The summed E-state index contributed by atoms with van der Waals surface area (Å²) in [7, 11) is -6.36. The van der Waals surface area contributed by atoms with Crippen molar-refractivity contribution in [1.82, 2.24) is 4.72 Å². The van der Waals surface area contributed by atoms with Gasteiger partial charge in [-0.1, -0.05) is 6.92 Å². The largest absolute Gasteiger partial charge is 0.229 e. The Labute approximate surface area is 97.6 Å². The Morgan fingerprint density at radius 1 is 1.31 bits per heavy atom. The topological polar surface area (TPSA) is 80.3 Å². The summed E-state index contributed by atoms with van der Waals surface area (Å²) in [6.45, 7) is 3.70. The summed E-state index contributed by atoms with van der Waals surface area (Å²) in [4.78, 5) is 0. The fourth-order valence-corrected chi connectivity index (χ4v) is 5.20. The van der Waals surface area contributed by atoms with Gasteiger partial charge in [0.15, 0.2) is 0 Å². The van der Waals surface area contributed by atoms with Crippen molar-refractivity contribution in [3.63, 3.8) is 0 Å². The fraction of sp³-hybridized carbons (Fsp3) is 1.00. The molecular formula is C9H19NO4S2. The molecule has 1 aliphatic rings. The molecule has 96 valence electrons. The average Bonchev–Trinajstić information content (AvgIpc) is 2.16. The number of sulfonamides is 1. The molecule has 0 radical (unpaired) electrons. The Kier molecular flexibility index (Phi) is 4.36. The van der Waals surface area contributed by atoms with Crippen molar-refractivity contribution >= 4 is 19.9 Å². The Hall–Kier alpha value is -0.140. The molecule has 1 fully saturated rings. The van der Waals surface area contributed by atoms with Crippen molar-refractivity contribution in [2.75, 3.05) is 11.5 Å². The van der Waals surface area contributed by atoms with Crippen LogP contribution in [0, 0.1) is 0 Å². The van der Waals surface area contributed by atoms with E-state index in [2.05, 4.69) is 4.72 Å². The minimum absolute atomic E-state index is 0.0148. The van der Waals surface area contributed by atoms with E-state index in [9.17, 15) is 16.8 Å². The van der Waals surface area contributed by atoms with Gasteiger partial charge in [-0.25, -0.2) is 21.6 Å². The lowest BCUT2D eigenvalue weighted by Gasteiger charge is -2.23. The molecule has 1 unspecified atom stereocenters. The number of hydrogen-bond donors (Lipinski definition) is 1. The Morgan fingerprint density at radius 2 is 1.81 bits per heavy atom. The fourth-order valence-electron chi connectivity index (χ4n) is 1.64. The SMILES string of the molecule is CCC(C)NS(=O)(=O)C1CCS(=O)(=O)CC1. The van der Waals surface area contributed by atoms with E-state index in [0.29, 0.717) is 0 Å². The summed E-state index contributed by atoms with van der Waals surface area (Å²) < 4.78 is 48.7. The zero-order valence-corrected chi connectivity index (χ0v) is 11.3. The summed E-state index contributed by atoms with van der Waals surface area (Å²) in [6, 6.07) is -0.0940. The Morgan fingerprint density at radius 3 is 2.25 bits per heavy atom. The third kappa shape index (κ3) is 3.71. The van der Waals surface area contributed by atoms with Gasteiger partial charge in [0.25, 0.3) is 0 Å². The van der Waals surface area contributed by atoms with Gasteiger partial charge in [0, 0.05) is 6.04 Å². The van der Waals surface area contributed by atoms with Crippen LogP contribution in [0.1, 0.15) is 33.1 Å². The Balaban J connectivity index is 2.65. The molecule has 1 rings (SSSR count). The average molecular weight is 269 g/mol. The predicted molar refractivity (Wildman–Crippen MR) is 63.5 cm³/mol. The highest BCUT2D eigenvalue weighted by molar-refractivity contribution is 7.92. The van der Waals surface area contributed by atoms with Gasteiger partial charge in [0.05, 0.1) is 16.8 Å². The molecule has 0 saturated carbocycles. The van der Waals surface area contributed by atoms with E-state index in [1.54, 1.807) is 6.92 Å². The predicted octanol–water partition coefficient (Wildman–Crippen LogP) is 0.282. The monoisotopic (exact) mass is 269 g/mol. The molecular weight excluding hydrogens is 250 g/mol.